The number of amides is 1. The Morgan fingerprint density at radius 3 is 2.93 bits per heavy atom. The first-order valence-corrected chi connectivity index (χ1v) is 9.62. The van der Waals surface area contributed by atoms with E-state index in [9.17, 15) is 4.79 Å². The van der Waals surface area contributed by atoms with Crippen LogP contribution in [-0.2, 0) is 16.0 Å². The molecule has 0 spiro atoms. The minimum Gasteiger partial charge on any atom is -0.381 e. The molecule has 1 amide bonds. The third-order valence-electron chi connectivity index (χ3n) is 5.23. The number of rotatable bonds is 5. The van der Waals surface area contributed by atoms with Gasteiger partial charge in [-0.1, -0.05) is 6.07 Å². The lowest BCUT2D eigenvalue weighted by atomic mass is 9.96. The Morgan fingerprint density at radius 2 is 2.11 bits per heavy atom. The molecule has 2 aliphatic heterocycles. The number of nitrogens with zero attached hydrogens (tertiary/aromatic N) is 4. The first-order valence-electron chi connectivity index (χ1n) is 9.62. The number of ether oxygens (including phenoxy) is 1. The minimum absolute atomic E-state index is 0.0340. The molecule has 0 bridgehead atoms. The van der Waals surface area contributed by atoms with Gasteiger partial charge in [0.05, 0.1) is 6.42 Å². The van der Waals surface area contributed by atoms with E-state index in [-0.39, 0.29) is 11.9 Å². The highest BCUT2D eigenvalue weighted by molar-refractivity contribution is 5.78. The van der Waals surface area contributed by atoms with Crippen molar-refractivity contribution in [2.45, 2.75) is 37.6 Å². The van der Waals surface area contributed by atoms with E-state index < -0.39 is 0 Å². The maximum absolute atomic E-state index is 12.3. The molecule has 1 atom stereocenters. The molecule has 2 saturated heterocycles. The van der Waals surface area contributed by atoms with Gasteiger partial charge in [0, 0.05) is 62.5 Å². The molecule has 2 aromatic rings. The molecule has 1 N–H and O–H groups in total. The molecule has 0 aromatic carbocycles. The average molecular weight is 367 g/mol. The number of hydrogen-bond acceptors (Lipinski definition) is 6. The SMILES string of the molecule is O=C(Cc1cccnc1)NC1CCN(c2nccc(C3CCOCC3)n2)C1. The van der Waals surface area contributed by atoms with Crippen molar-refractivity contribution in [1.82, 2.24) is 20.3 Å². The molecule has 4 rings (SSSR count). The Hall–Kier alpha value is -2.54. The first kappa shape index (κ1) is 17.9. The van der Waals surface area contributed by atoms with Gasteiger partial charge >= 0.3 is 0 Å². The van der Waals surface area contributed by atoms with Gasteiger partial charge in [0.15, 0.2) is 0 Å². The summed E-state index contributed by atoms with van der Waals surface area (Å²) in [6.07, 6.45) is 8.60. The summed E-state index contributed by atoms with van der Waals surface area (Å²) in [6, 6.07) is 5.92. The summed E-state index contributed by atoms with van der Waals surface area (Å²) in [5.41, 5.74) is 2.03. The van der Waals surface area contributed by atoms with E-state index in [1.165, 1.54) is 0 Å². The fourth-order valence-corrected chi connectivity index (χ4v) is 3.76. The topological polar surface area (TPSA) is 80.2 Å². The van der Waals surface area contributed by atoms with Crippen LogP contribution in [0.3, 0.4) is 0 Å². The van der Waals surface area contributed by atoms with Crippen LogP contribution in [0.5, 0.6) is 0 Å². The second-order valence-electron chi connectivity index (χ2n) is 7.21. The molecule has 27 heavy (non-hydrogen) atoms. The quantitative estimate of drug-likeness (QED) is 0.866. The van der Waals surface area contributed by atoms with Gasteiger partial charge in [0.25, 0.3) is 0 Å². The van der Waals surface area contributed by atoms with Gasteiger partial charge in [-0.3, -0.25) is 9.78 Å². The van der Waals surface area contributed by atoms with Crippen molar-refractivity contribution in [1.29, 1.82) is 0 Å². The Kier molecular flexibility index (Phi) is 5.58. The van der Waals surface area contributed by atoms with Gasteiger partial charge in [-0.15, -0.1) is 0 Å². The lowest BCUT2D eigenvalue weighted by Crippen LogP contribution is -2.38. The first-order chi connectivity index (χ1) is 13.3. The normalized spacial score (nSPS) is 20.6. The van der Waals surface area contributed by atoms with E-state index in [1.54, 1.807) is 12.4 Å². The number of pyridine rings is 1. The summed E-state index contributed by atoms with van der Waals surface area (Å²) in [7, 11) is 0. The third-order valence-corrected chi connectivity index (χ3v) is 5.23. The van der Waals surface area contributed by atoms with E-state index in [4.69, 9.17) is 9.72 Å². The zero-order valence-electron chi connectivity index (χ0n) is 15.4. The standard InChI is InChI=1S/C20H25N5O2/c26-19(12-15-2-1-7-21-13-15)23-17-4-9-25(14-17)20-22-8-3-18(24-20)16-5-10-27-11-6-16/h1-3,7-8,13,16-17H,4-6,9-12,14H2,(H,23,26). The highest BCUT2D eigenvalue weighted by Crippen LogP contribution is 2.26. The van der Waals surface area contributed by atoms with Crippen LogP contribution in [0.4, 0.5) is 5.95 Å². The van der Waals surface area contributed by atoms with Crippen molar-refractivity contribution >= 4 is 11.9 Å². The summed E-state index contributed by atoms with van der Waals surface area (Å²) < 4.78 is 5.45. The molecule has 2 aliphatic rings. The van der Waals surface area contributed by atoms with Gasteiger partial charge in [-0.25, -0.2) is 9.97 Å². The van der Waals surface area contributed by atoms with Crippen molar-refractivity contribution in [2.75, 3.05) is 31.2 Å². The molecule has 7 nitrogen and oxygen atoms in total. The van der Waals surface area contributed by atoms with Crippen molar-refractivity contribution in [3.63, 3.8) is 0 Å². The van der Waals surface area contributed by atoms with E-state index in [2.05, 4.69) is 20.2 Å². The predicted octanol–water partition coefficient (Wildman–Crippen LogP) is 1.70. The number of anilines is 1. The zero-order chi connectivity index (χ0) is 18.5. The largest absolute Gasteiger partial charge is 0.381 e. The van der Waals surface area contributed by atoms with Gasteiger partial charge < -0.3 is 15.0 Å². The summed E-state index contributed by atoms with van der Waals surface area (Å²) in [6.45, 7) is 3.21. The van der Waals surface area contributed by atoms with E-state index in [0.717, 1.165) is 62.8 Å². The second-order valence-corrected chi connectivity index (χ2v) is 7.21. The molecule has 7 heteroatoms. The summed E-state index contributed by atoms with van der Waals surface area (Å²) >= 11 is 0. The van der Waals surface area contributed by atoms with Crippen molar-refractivity contribution in [2.24, 2.45) is 0 Å². The summed E-state index contributed by atoms with van der Waals surface area (Å²) in [5.74, 6) is 1.26. The number of carbonyl (C=O) groups excluding carboxylic acids is 1. The summed E-state index contributed by atoms with van der Waals surface area (Å²) in [4.78, 5) is 27.7. The second kappa shape index (κ2) is 8.43. The highest BCUT2D eigenvalue weighted by atomic mass is 16.5. The fourth-order valence-electron chi connectivity index (χ4n) is 3.76. The van der Waals surface area contributed by atoms with Gasteiger partial charge in [0.1, 0.15) is 0 Å². The van der Waals surface area contributed by atoms with Crippen LogP contribution in [-0.4, -0.2) is 53.2 Å². The van der Waals surface area contributed by atoms with Gasteiger partial charge in [-0.05, 0) is 37.0 Å². The van der Waals surface area contributed by atoms with Crippen LogP contribution in [0.2, 0.25) is 0 Å². The number of hydrogen-bond donors (Lipinski definition) is 1. The Balaban J connectivity index is 1.33. The van der Waals surface area contributed by atoms with Crippen LogP contribution < -0.4 is 10.2 Å². The van der Waals surface area contributed by atoms with E-state index in [1.807, 2.05) is 24.4 Å². The molecule has 2 fully saturated rings. The number of carbonyl (C=O) groups is 1. The van der Waals surface area contributed by atoms with Crippen LogP contribution in [0.15, 0.2) is 36.8 Å². The molecule has 142 valence electrons. The molecular formula is C20H25N5O2. The van der Waals surface area contributed by atoms with Crippen LogP contribution >= 0.6 is 0 Å². The van der Waals surface area contributed by atoms with Crippen LogP contribution in [0, 0.1) is 0 Å². The third kappa shape index (κ3) is 4.60. The monoisotopic (exact) mass is 367 g/mol. The highest BCUT2D eigenvalue weighted by Gasteiger charge is 2.26. The number of nitrogens with one attached hydrogen (secondary N) is 1. The minimum atomic E-state index is 0.0340. The van der Waals surface area contributed by atoms with Crippen LogP contribution in [0.1, 0.15) is 36.4 Å². The average Bonchev–Trinajstić information content (AvgIpc) is 3.18. The molecule has 1 unspecified atom stereocenters. The Morgan fingerprint density at radius 1 is 1.22 bits per heavy atom. The molecule has 4 heterocycles. The Bertz CT molecular complexity index is 764. The van der Waals surface area contributed by atoms with Crippen molar-refractivity contribution < 1.29 is 9.53 Å². The number of aromatic nitrogens is 3. The lowest BCUT2D eigenvalue weighted by molar-refractivity contribution is -0.121. The van der Waals surface area contributed by atoms with Crippen LogP contribution in [0.25, 0.3) is 0 Å². The van der Waals surface area contributed by atoms with Crippen molar-refractivity contribution in [3.05, 3.63) is 48.0 Å². The van der Waals surface area contributed by atoms with Crippen molar-refractivity contribution in [3.8, 4) is 0 Å². The molecule has 0 saturated carbocycles. The maximum atomic E-state index is 12.3. The van der Waals surface area contributed by atoms with Gasteiger partial charge in [-0.2, -0.15) is 0 Å². The smallest absolute Gasteiger partial charge is 0.225 e. The van der Waals surface area contributed by atoms with E-state index in [0.29, 0.717) is 12.3 Å². The molecule has 2 aromatic heterocycles. The summed E-state index contributed by atoms with van der Waals surface area (Å²) in [5, 5.41) is 3.12. The Labute approximate surface area is 159 Å². The lowest BCUT2D eigenvalue weighted by Gasteiger charge is -2.23. The molecule has 0 radical (unpaired) electrons. The fraction of sp³-hybridized carbons (Fsp3) is 0.500. The molecular weight excluding hydrogens is 342 g/mol. The molecule has 0 aliphatic carbocycles. The van der Waals surface area contributed by atoms with Gasteiger partial charge in [0.2, 0.25) is 11.9 Å². The predicted molar refractivity (Wildman–Crippen MR) is 102 cm³/mol. The zero-order valence-corrected chi connectivity index (χ0v) is 15.4. The maximum Gasteiger partial charge on any atom is 0.225 e. The van der Waals surface area contributed by atoms with E-state index >= 15 is 0 Å².